The molecule has 1 aliphatic carbocycles. The fraction of sp³-hybridized carbons (Fsp3) is 0.647. The Bertz CT molecular complexity index is 524. The number of hydrogen-bond donors (Lipinski definition) is 1. The number of aliphatic hydroxyl groups is 1. The van der Waals surface area contributed by atoms with Gasteiger partial charge in [-0.1, -0.05) is 28.8 Å². The van der Waals surface area contributed by atoms with Crippen molar-refractivity contribution in [1.29, 1.82) is 0 Å². The zero-order valence-electron chi connectivity index (χ0n) is 12.9. The highest BCUT2D eigenvalue weighted by Crippen LogP contribution is 2.40. The summed E-state index contributed by atoms with van der Waals surface area (Å²) in [4.78, 5) is 2.23. The molecule has 1 N–H and O–H groups in total. The molecule has 0 aromatic heterocycles. The normalized spacial score (nSPS) is 21.4. The highest BCUT2D eigenvalue weighted by Gasteiger charge is 2.42. The van der Waals surface area contributed by atoms with Crippen LogP contribution in [0.4, 0.5) is 0 Å². The summed E-state index contributed by atoms with van der Waals surface area (Å²) in [7, 11) is 4.19. The number of fused-ring (bicyclic) bond motifs is 1. The molecule has 1 unspecified atom stereocenters. The first kappa shape index (κ1) is 15.3. The topological polar surface area (TPSA) is 32.7 Å². The van der Waals surface area contributed by atoms with Gasteiger partial charge >= 0.3 is 0 Å². The Morgan fingerprint density at radius 2 is 2.05 bits per heavy atom. The number of aliphatic hydroxyl groups excluding tert-OH is 1. The van der Waals surface area contributed by atoms with E-state index in [1.54, 1.807) is 0 Å². The smallest absolute Gasteiger partial charge is 0.125 e. The van der Waals surface area contributed by atoms with Gasteiger partial charge in [-0.25, -0.2) is 0 Å². The number of likely N-dealkylation sites (N-methyl/N-ethyl adjacent to an activating group) is 1. The van der Waals surface area contributed by atoms with Crippen molar-refractivity contribution in [2.75, 3.05) is 20.7 Å². The van der Waals surface area contributed by atoms with Crippen molar-refractivity contribution in [2.45, 2.75) is 50.2 Å². The molecule has 3 rings (SSSR count). The first-order chi connectivity index (χ1) is 10.0. The second-order valence-corrected chi connectivity index (χ2v) is 7.49. The molecule has 4 heteroatoms. The van der Waals surface area contributed by atoms with Crippen LogP contribution in [0.5, 0.6) is 5.75 Å². The summed E-state index contributed by atoms with van der Waals surface area (Å²) in [6.45, 7) is 0.758. The highest BCUT2D eigenvalue weighted by molar-refractivity contribution is 9.10. The molecular weight excluding hydrogens is 330 g/mol. The van der Waals surface area contributed by atoms with Crippen LogP contribution in [0.2, 0.25) is 0 Å². The molecule has 3 nitrogen and oxygen atoms in total. The van der Waals surface area contributed by atoms with Gasteiger partial charge in [0.05, 0.1) is 12.7 Å². The van der Waals surface area contributed by atoms with Gasteiger partial charge in [-0.2, -0.15) is 0 Å². The molecule has 2 aliphatic rings. The van der Waals surface area contributed by atoms with Crippen molar-refractivity contribution in [1.82, 2.24) is 4.90 Å². The van der Waals surface area contributed by atoms with E-state index in [1.807, 2.05) is 0 Å². The van der Waals surface area contributed by atoms with Gasteiger partial charge in [0.15, 0.2) is 0 Å². The van der Waals surface area contributed by atoms with Crippen molar-refractivity contribution < 1.29 is 9.84 Å². The van der Waals surface area contributed by atoms with Crippen LogP contribution in [-0.4, -0.2) is 42.4 Å². The Kier molecular flexibility index (Phi) is 4.30. The Morgan fingerprint density at radius 1 is 1.33 bits per heavy atom. The van der Waals surface area contributed by atoms with Gasteiger partial charge in [0.2, 0.25) is 0 Å². The maximum Gasteiger partial charge on any atom is 0.125 e. The molecule has 116 valence electrons. The summed E-state index contributed by atoms with van der Waals surface area (Å²) in [6, 6.07) is 4.24. The van der Waals surface area contributed by atoms with E-state index in [1.165, 1.54) is 18.4 Å². The monoisotopic (exact) mass is 353 g/mol. The summed E-state index contributed by atoms with van der Waals surface area (Å²) < 4.78 is 6.88. The van der Waals surface area contributed by atoms with E-state index in [-0.39, 0.29) is 11.6 Å². The quantitative estimate of drug-likeness (QED) is 0.902. The van der Waals surface area contributed by atoms with Crippen molar-refractivity contribution >= 4 is 15.9 Å². The van der Waals surface area contributed by atoms with E-state index in [4.69, 9.17) is 4.74 Å². The molecule has 1 fully saturated rings. The van der Waals surface area contributed by atoms with Gasteiger partial charge in [-0.05, 0) is 50.2 Å². The molecule has 0 amide bonds. The molecule has 1 aliphatic heterocycles. The zero-order valence-corrected chi connectivity index (χ0v) is 14.4. The van der Waals surface area contributed by atoms with Crippen LogP contribution >= 0.6 is 15.9 Å². The number of hydrogen-bond acceptors (Lipinski definition) is 3. The second-order valence-electron chi connectivity index (χ2n) is 6.58. The molecular formula is C17H24BrNO2. The third-order valence-electron chi connectivity index (χ3n) is 5.22. The average Bonchev–Trinajstić information content (AvgIpc) is 3.07. The third kappa shape index (κ3) is 2.73. The van der Waals surface area contributed by atoms with Gasteiger partial charge in [0.1, 0.15) is 5.75 Å². The molecule has 1 aromatic carbocycles. The van der Waals surface area contributed by atoms with Crippen LogP contribution in [0, 0.1) is 0 Å². The lowest BCUT2D eigenvalue weighted by Gasteiger charge is -2.40. The number of benzene rings is 1. The maximum atomic E-state index is 10.9. The van der Waals surface area contributed by atoms with Crippen LogP contribution in [0.1, 0.15) is 36.8 Å². The minimum absolute atomic E-state index is 0.0756. The van der Waals surface area contributed by atoms with E-state index >= 15 is 0 Å². The van der Waals surface area contributed by atoms with E-state index in [0.29, 0.717) is 6.42 Å². The number of halogens is 1. The summed E-state index contributed by atoms with van der Waals surface area (Å²) >= 11 is 3.58. The minimum Gasteiger partial charge on any atom is -0.493 e. The van der Waals surface area contributed by atoms with E-state index in [2.05, 4.69) is 47.1 Å². The lowest BCUT2D eigenvalue weighted by molar-refractivity contribution is -0.00278. The summed E-state index contributed by atoms with van der Waals surface area (Å²) in [5, 5.41) is 10.9. The van der Waals surface area contributed by atoms with Gasteiger partial charge in [-0.3, -0.25) is 0 Å². The van der Waals surface area contributed by atoms with Crippen molar-refractivity contribution in [2.24, 2.45) is 0 Å². The fourth-order valence-electron chi connectivity index (χ4n) is 3.96. The lowest BCUT2D eigenvalue weighted by atomic mass is 9.85. The fourth-order valence-corrected chi connectivity index (χ4v) is 4.51. The SMILES string of the molecule is CN(C)C1(C(O)Cc2cc(Br)cc3c2OCC3)CCCC1. The number of nitrogens with zero attached hydrogens (tertiary/aromatic N) is 1. The Labute approximate surface area is 135 Å². The van der Waals surface area contributed by atoms with Crippen LogP contribution in [0.25, 0.3) is 0 Å². The van der Waals surface area contributed by atoms with Gasteiger partial charge in [0, 0.05) is 22.9 Å². The first-order valence-corrected chi connectivity index (χ1v) is 8.62. The lowest BCUT2D eigenvalue weighted by Crippen LogP contribution is -2.52. The molecule has 21 heavy (non-hydrogen) atoms. The number of rotatable bonds is 4. The van der Waals surface area contributed by atoms with Gasteiger partial charge in [-0.15, -0.1) is 0 Å². The van der Waals surface area contributed by atoms with Crippen molar-refractivity contribution in [3.05, 3.63) is 27.7 Å². The predicted molar refractivity (Wildman–Crippen MR) is 87.9 cm³/mol. The zero-order chi connectivity index (χ0) is 15.0. The predicted octanol–water partition coefficient (Wildman–Crippen LogP) is 3.16. The largest absolute Gasteiger partial charge is 0.493 e. The average molecular weight is 354 g/mol. The molecule has 0 spiro atoms. The molecule has 1 aromatic rings. The summed E-state index contributed by atoms with van der Waals surface area (Å²) in [5.41, 5.74) is 2.32. The van der Waals surface area contributed by atoms with E-state index in [0.717, 1.165) is 41.7 Å². The summed E-state index contributed by atoms with van der Waals surface area (Å²) in [5.74, 6) is 1.00. The highest BCUT2D eigenvalue weighted by atomic mass is 79.9. The van der Waals surface area contributed by atoms with Crippen molar-refractivity contribution in [3.8, 4) is 5.75 Å². The Hall–Kier alpha value is -0.580. The molecule has 1 atom stereocenters. The van der Waals surface area contributed by atoms with Crippen LogP contribution in [-0.2, 0) is 12.8 Å². The molecule has 1 saturated carbocycles. The van der Waals surface area contributed by atoms with Gasteiger partial charge in [0.25, 0.3) is 0 Å². The van der Waals surface area contributed by atoms with Crippen molar-refractivity contribution in [3.63, 3.8) is 0 Å². The minimum atomic E-state index is -0.349. The first-order valence-electron chi connectivity index (χ1n) is 7.82. The van der Waals surface area contributed by atoms with Crippen LogP contribution < -0.4 is 4.74 Å². The van der Waals surface area contributed by atoms with Crippen LogP contribution in [0.15, 0.2) is 16.6 Å². The number of ether oxygens (including phenoxy) is 1. The Morgan fingerprint density at radius 3 is 2.71 bits per heavy atom. The van der Waals surface area contributed by atoms with Gasteiger partial charge < -0.3 is 14.7 Å². The third-order valence-corrected chi connectivity index (χ3v) is 5.68. The molecule has 1 heterocycles. The Balaban J connectivity index is 1.86. The molecule has 0 saturated heterocycles. The molecule has 0 radical (unpaired) electrons. The standard InChI is InChI=1S/C17H24BrNO2/c1-19(2)17(6-3-4-7-17)15(20)11-13-10-14(18)9-12-5-8-21-16(12)13/h9-10,15,20H,3-8,11H2,1-2H3. The van der Waals surface area contributed by atoms with E-state index in [9.17, 15) is 5.11 Å². The maximum absolute atomic E-state index is 10.9. The molecule has 0 bridgehead atoms. The summed E-state index contributed by atoms with van der Waals surface area (Å²) in [6.07, 6.45) is 5.87. The van der Waals surface area contributed by atoms with E-state index < -0.39 is 0 Å². The van der Waals surface area contributed by atoms with Crippen LogP contribution in [0.3, 0.4) is 0 Å². The second kappa shape index (κ2) is 5.90.